The quantitative estimate of drug-likeness (QED) is 0.709. The number of carbonyl (C=O) groups excluding carboxylic acids is 1. The Bertz CT molecular complexity index is 391. The monoisotopic (exact) mass is 258 g/mol. The maximum Gasteiger partial charge on any atom is 0.355 e. The first-order chi connectivity index (χ1) is 8.13. The molecule has 0 saturated heterocycles. The Morgan fingerprint density at radius 2 is 2.35 bits per heavy atom. The molecule has 1 aromatic heterocycles. The molecule has 0 aliphatic rings. The van der Waals surface area contributed by atoms with E-state index in [4.69, 9.17) is 9.84 Å². The Balaban J connectivity index is 2.29. The number of aromatic carboxylic acids is 1. The molecule has 1 amide bonds. The minimum absolute atomic E-state index is 0.00793. The number of hydrogen-bond donors (Lipinski definition) is 2. The molecule has 0 radical (unpaired) electrons. The van der Waals surface area contributed by atoms with Crippen molar-refractivity contribution >= 4 is 23.2 Å². The molecule has 2 N–H and O–H groups in total. The zero-order chi connectivity index (χ0) is 12.7. The predicted octanol–water partition coefficient (Wildman–Crippen LogP) is 0.884. The van der Waals surface area contributed by atoms with E-state index in [1.807, 2.05) is 6.92 Å². The highest BCUT2D eigenvalue weighted by atomic mass is 32.1. The highest BCUT2D eigenvalue weighted by Gasteiger charge is 2.09. The lowest BCUT2D eigenvalue weighted by Gasteiger charge is -2.02. The van der Waals surface area contributed by atoms with Gasteiger partial charge in [-0.2, -0.15) is 0 Å². The number of thiazole rings is 1. The van der Waals surface area contributed by atoms with Crippen LogP contribution in [0.1, 0.15) is 28.8 Å². The minimum Gasteiger partial charge on any atom is -0.476 e. The molecule has 6 nitrogen and oxygen atoms in total. The fourth-order valence-electron chi connectivity index (χ4n) is 1.06. The number of rotatable bonds is 7. The summed E-state index contributed by atoms with van der Waals surface area (Å²) in [4.78, 5) is 25.7. The van der Waals surface area contributed by atoms with Crippen LogP contribution in [0.3, 0.4) is 0 Å². The van der Waals surface area contributed by atoms with Gasteiger partial charge in [0.05, 0.1) is 13.2 Å². The van der Waals surface area contributed by atoms with Gasteiger partial charge < -0.3 is 15.2 Å². The summed E-state index contributed by atoms with van der Waals surface area (Å²) in [5.74, 6) is -1.19. The van der Waals surface area contributed by atoms with Crippen LogP contribution < -0.4 is 5.32 Å². The second-order valence-electron chi connectivity index (χ2n) is 3.16. The molecule has 0 saturated carbocycles. The number of carbonyl (C=O) groups is 2. The first-order valence-electron chi connectivity index (χ1n) is 5.15. The summed E-state index contributed by atoms with van der Waals surface area (Å²) < 4.78 is 5.04. The molecule has 94 valence electrons. The van der Waals surface area contributed by atoms with Gasteiger partial charge in [-0.3, -0.25) is 4.79 Å². The Hall–Kier alpha value is -1.47. The second-order valence-corrected chi connectivity index (χ2v) is 4.10. The fourth-order valence-corrected chi connectivity index (χ4v) is 1.77. The number of nitrogens with zero attached hydrogens (tertiary/aromatic N) is 1. The van der Waals surface area contributed by atoms with Crippen LogP contribution in [0.4, 0.5) is 0 Å². The van der Waals surface area contributed by atoms with Crippen LogP contribution >= 0.6 is 11.3 Å². The lowest BCUT2D eigenvalue weighted by Crippen LogP contribution is -2.23. The maximum absolute atomic E-state index is 11.3. The first-order valence-corrected chi connectivity index (χ1v) is 6.03. The number of hydrogen-bond acceptors (Lipinski definition) is 5. The maximum atomic E-state index is 11.3. The number of ether oxygens (including phenoxy) is 1. The van der Waals surface area contributed by atoms with Crippen molar-refractivity contribution in [3.63, 3.8) is 0 Å². The molecule has 0 aromatic carbocycles. The SMILES string of the molecule is CCOCCC(=O)NCc1nc(C(=O)O)cs1. The molecule has 0 aliphatic heterocycles. The van der Waals surface area contributed by atoms with Crippen molar-refractivity contribution in [1.29, 1.82) is 0 Å². The van der Waals surface area contributed by atoms with Gasteiger partial charge in [0.15, 0.2) is 5.69 Å². The Morgan fingerprint density at radius 3 is 2.94 bits per heavy atom. The fraction of sp³-hybridized carbons (Fsp3) is 0.500. The van der Waals surface area contributed by atoms with Crippen molar-refractivity contribution in [2.45, 2.75) is 19.9 Å². The molecule has 0 spiro atoms. The molecular formula is C10H14N2O4S. The van der Waals surface area contributed by atoms with Gasteiger partial charge in [0, 0.05) is 18.4 Å². The van der Waals surface area contributed by atoms with Gasteiger partial charge in [-0.25, -0.2) is 9.78 Å². The van der Waals surface area contributed by atoms with E-state index in [9.17, 15) is 9.59 Å². The van der Waals surface area contributed by atoms with E-state index in [2.05, 4.69) is 10.3 Å². The molecular weight excluding hydrogens is 244 g/mol. The van der Waals surface area contributed by atoms with E-state index in [1.165, 1.54) is 16.7 Å². The molecule has 0 atom stereocenters. The van der Waals surface area contributed by atoms with Crippen LogP contribution in [-0.4, -0.2) is 35.2 Å². The molecule has 0 fully saturated rings. The second kappa shape index (κ2) is 6.97. The standard InChI is InChI=1S/C10H14N2O4S/c1-2-16-4-3-8(13)11-5-9-12-7(6-17-9)10(14)15/h6H,2-5H2,1H3,(H,11,13)(H,14,15). The lowest BCUT2D eigenvalue weighted by atomic mass is 10.4. The van der Waals surface area contributed by atoms with Crippen LogP contribution in [0.2, 0.25) is 0 Å². The molecule has 7 heteroatoms. The molecule has 1 aromatic rings. The van der Waals surface area contributed by atoms with Crippen molar-refractivity contribution < 1.29 is 19.4 Å². The third kappa shape index (κ3) is 4.92. The molecule has 1 rings (SSSR count). The van der Waals surface area contributed by atoms with Crippen molar-refractivity contribution in [1.82, 2.24) is 10.3 Å². The normalized spacial score (nSPS) is 10.2. The van der Waals surface area contributed by atoms with Gasteiger partial charge in [-0.05, 0) is 6.92 Å². The van der Waals surface area contributed by atoms with Gasteiger partial charge in [-0.15, -0.1) is 11.3 Å². The highest BCUT2D eigenvalue weighted by molar-refractivity contribution is 7.09. The number of amides is 1. The van der Waals surface area contributed by atoms with E-state index >= 15 is 0 Å². The molecule has 1 heterocycles. The van der Waals surface area contributed by atoms with Crippen LogP contribution in [0.5, 0.6) is 0 Å². The Morgan fingerprint density at radius 1 is 1.59 bits per heavy atom. The summed E-state index contributed by atoms with van der Waals surface area (Å²) in [6.07, 6.45) is 0.297. The summed E-state index contributed by atoms with van der Waals surface area (Å²) in [7, 11) is 0. The van der Waals surface area contributed by atoms with E-state index in [-0.39, 0.29) is 18.1 Å². The summed E-state index contributed by atoms with van der Waals surface area (Å²) in [6, 6.07) is 0. The van der Waals surface area contributed by atoms with E-state index in [0.29, 0.717) is 24.6 Å². The number of aromatic nitrogens is 1. The smallest absolute Gasteiger partial charge is 0.355 e. The minimum atomic E-state index is -1.06. The van der Waals surface area contributed by atoms with Gasteiger partial charge in [-0.1, -0.05) is 0 Å². The van der Waals surface area contributed by atoms with E-state index in [0.717, 1.165) is 0 Å². The molecule has 0 aliphatic carbocycles. The summed E-state index contributed by atoms with van der Waals surface area (Å²) >= 11 is 1.21. The molecule has 0 unspecified atom stereocenters. The van der Waals surface area contributed by atoms with Gasteiger partial charge in [0.2, 0.25) is 5.91 Å². The van der Waals surface area contributed by atoms with Crippen LogP contribution in [0.25, 0.3) is 0 Å². The van der Waals surface area contributed by atoms with Crippen LogP contribution in [-0.2, 0) is 16.1 Å². The highest BCUT2D eigenvalue weighted by Crippen LogP contribution is 2.09. The lowest BCUT2D eigenvalue weighted by molar-refractivity contribution is -0.122. The summed E-state index contributed by atoms with van der Waals surface area (Å²) in [5, 5.41) is 13.3. The van der Waals surface area contributed by atoms with Gasteiger partial charge in [0.25, 0.3) is 0 Å². The zero-order valence-electron chi connectivity index (χ0n) is 9.43. The number of carboxylic acid groups (broad SMARTS) is 1. The predicted molar refractivity (Wildman–Crippen MR) is 62.0 cm³/mol. The summed E-state index contributed by atoms with van der Waals surface area (Å²) in [6.45, 7) is 3.09. The molecule has 17 heavy (non-hydrogen) atoms. The van der Waals surface area contributed by atoms with Gasteiger partial charge >= 0.3 is 5.97 Å². The largest absolute Gasteiger partial charge is 0.476 e. The Kier molecular flexibility index (Phi) is 5.58. The van der Waals surface area contributed by atoms with E-state index in [1.54, 1.807) is 0 Å². The van der Waals surface area contributed by atoms with Crippen LogP contribution in [0.15, 0.2) is 5.38 Å². The number of carboxylic acids is 1. The van der Waals surface area contributed by atoms with Crippen LogP contribution in [0, 0.1) is 0 Å². The van der Waals surface area contributed by atoms with E-state index < -0.39 is 5.97 Å². The van der Waals surface area contributed by atoms with Crippen molar-refractivity contribution in [3.05, 3.63) is 16.1 Å². The van der Waals surface area contributed by atoms with Gasteiger partial charge in [0.1, 0.15) is 5.01 Å². The van der Waals surface area contributed by atoms with Crippen molar-refractivity contribution in [2.24, 2.45) is 0 Å². The van der Waals surface area contributed by atoms with Crippen molar-refractivity contribution in [2.75, 3.05) is 13.2 Å². The molecule has 0 bridgehead atoms. The third-order valence-corrected chi connectivity index (χ3v) is 2.73. The van der Waals surface area contributed by atoms with Crippen molar-refractivity contribution in [3.8, 4) is 0 Å². The average Bonchev–Trinajstić information content (AvgIpc) is 2.75. The number of nitrogens with one attached hydrogen (secondary N) is 1. The average molecular weight is 258 g/mol. The zero-order valence-corrected chi connectivity index (χ0v) is 10.2. The summed E-state index contributed by atoms with van der Waals surface area (Å²) in [5.41, 5.74) is 0.00793. The third-order valence-electron chi connectivity index (χ3n) is 1.89. The first kappa shape index (κ1) is 13.6. The topological polar surface area (TPSA) is 88.5 Å². The Labute approximate surface area is 103 Å².